The van der Waals surface area contributed by atoms with Crippen molar-refractivity contribution in [2.45, 2.75) is 32.2 Å². The molecule has 0 bridgehead atoms. The number of amides is 2. The molecule has 148 valence electrons. The Hall–Kier alpha value is -1.92. The number of hydrogen-bond acceptors (Lipinski definition) is 4. The van der Waals surface area contributed by atoms with E-state index in [-0.39, 0.29) is 17.7 Å². The van der Waals surface area contributed by atoms with Gasteiger partial charge in [0.05, 0.1) is 12.0 Å². The van der Waals surface area contributed by atoms with Crippen molar-refractivity contribution in [1.82, 2.24) is 15.5 Å². The fraction of sp³-hybridized carbons (Fsp3) is 0.619. The highest BCUT2D eigenvalue weighted by molar-refractivity contribution is 5.84. The van der Waals surface area contributed by atoms with Gasteiger partial charge in [0.25, 0.3) is 0 Å². The van der Waals surface area contributed by atoms with E-state index < -0.39 is 5.41 Å². The van der Waals surface area contributed by atoms with Crippen LogP contribution in [0.1, 0.15) is 31.2 Å². The van der Waals surface area contributed by atoms with Crippen molar-refractivity contribution in [2.75, 3.05) is 39.9 Å². The average Bonchev–Trinajstić information content (AvgIpc) is 2.73. The van der Waals surface area contributed by atoms with Crippen molar-refractivity contribution in [1.29, 1.82) is 0 Å². The van der Waals surface area contributed by atoms with Gasteiger partial charge in [-0.25, -0.2) is 0 Å². The summed E-state index contributed by atoms with van der Waals surface area (Å²) in [6.07, 6.45) is 3.09. The first kappa shape index (κ1) is 19.8. The van der Waals surface area contributed by atoms with Crippen LogP contribution < -0.4 is 10.6 Å². The van der Waals surface area contributed by atoms with E-state index in [9.17, 15) is 9.59 Å². The summed E-state index contributed by atoms with van der Waals surface area (Å²) in [6.45, 7) is 4.05. The molecular weight excluding hydrogens is 342 g/mol. The van der Waals surface area contributed by atoms with Gasteiger partial charge >= 0.3 is 0 Å². The van der Waals surface area contributed by atoms with Crippen LogP contribution >= 0.6 is 0 Å². The predicted molar refractivity (Wildman–Crippen MR) is 104 cm³/mol. The molecule has 2 aliphatic rings. The van der Waals surface area contributed by atoms with Gasteiger partial charge in [-0.05, 0) is 44.3 Å². The molecule has 0 aromatic heterocycles. The number of methoxy groups -OCH3 is 1. The highest BCUT2D eigenvalue weighted by atomic mass is 16.5. The second kappa shape index (κ2) is 9.33. The van der Waals surface area contributed by atoms with Crippen LogP contribution in [0.25, 0.3) is 0 Å². The maximum atomic E-state index is 13.2. The summed E-state index contributed by atoms with van der Waals surface area (Å²) < 4.78 is 5.39. The summed E-state index contributed by atoms with van der Waals surface area (Å²) in [5.41, 5.74) is 0.702. The number of hydrogen-bond donors (Lipinski definition) is 2. The van der Waals surface area contributed by atoms with Crippen LogP contribution in [0.4, 0.5) is 0 Å². The minimum Gasteiger partial charge on any atom is -0.384 e. The summed E-state index contributed by atoms with van der Waals surface area (Å²) in [5, 5.41) is 6.36. The van der Waals surface area contributed by atoms with E-state index in [2.05, 4.69) is 10.6 Å². The van der Waals surface area contributed by atoms with Crippen molar-refractivity contribution in [2.24, 2.45) is 11.3 Å². The van der Waals surface area contributed by atoms with Gasteiger partial charge in [-0.2, -0.15) is 0 Å². The quantitative estimate of drug-likeness (QED) is 0.794. The Bertz CT molecular complexity index is 615. The average molecular weight is 373 g/mol. The maximum absolute atomic E-state index is 13.2. The Kier molecular flexibility index (Phi) is 6.85. The largest absolute Gasteiger partial charge is 0.384 e. The maximum Gasteiger partial charge on any atom is 0.231 e. The van der Waals surface area contributed by atoms with Crippen molar-refractivity contribution in [3.05, 3.63) is 35.9 Å². The van der Waals surface area contributed by atoms with Crippen LogP contribution in [-0.2, 0) is 20.9 Å². The molecule has 2 saturated heterocycles. The second-order valence-electron chi connectivity index (χ2n) is 7.73. The summed E-state index contributed by atoms with van der Waals surface area (Å²) in [6, 6.07) is 9.94. The first-order valence-corrected chi connectivity index (χ1v) is 9.95. The van der Waals surface area contributed by atoms with Crippen molar-refractivity contribution >= 4 is 11.8 Å². The molecule has 6 nitrogen and oxygen atoms in total. The SMILES string of the molecule is COCC1(C(=O)N2CCC(C(=O)NCc3ccccc3)CC2)CCNCC1. The van der Waals surface area contributed by atoms with Gasteiger partial charge in [0, 0.05) is 32.7 Å². The number of piperidine rings is 2. The van der Waals surface area contributed by atoms with E-state index >= 15 is 0 Å². The Labute approximate surface area is 161 Å². The molecule has 2 aliphatic heterocycles. The van der Waals surface area contributed by atoms with Crippen molar-refractivity contribution < 1.29 is 14.3 Å². The second-order valence-corrected chi connectivity index (χ2v) is 7.73. The molecule has 1 aromatic carbocycles. The highest BCUT2D eigenvalue weighted by Crippen LogP contribution is 2.33. The van der Waals surface area contributed by atoms with Gasteiger partial charge in [-0.3, -0.25) is 9.59 Å². The van der Waals surface area contributed by atoms with Gasteiger partial charge in [0.2, 0.25) is 11.8 Å². The Balaban J connectivity index is 1.50. The van der Waals surface area contributed by atoms with Crippen LogP contribution in [0.3, 0.4) is 0 Å². The fourth-order valence-electron chi connectivity index (χ4n) is 4.21. The molecule has 0 unspecified atom stereocenters. The van der Waals surface area contributed by atoms with Gasteiger partial charge in [-0.15, -0.1) is 0 Å². The number of rotatable bonds is 6. The van der Waals surface area contributed by atoms with Gasteiger partial charge in [0.15, 0.2) is 0 Å². The first-order valence-electron chi connectivity index (χ1n) is 9.95. The molecule has 0 saturated carbocycles. The molecule has 2 fully saturated rings. The van der Waals surface area contributed by atoms with Gasteiger partial charge in [-0.1, -0.05) is 30.3 Å². The lowest BCUT2D eigenvalue weighted by Crippen LogP contribution is -2.54. The molecular formula is C21H31N3O3. The van der Waals surface area contributed by atoms with E-state index in [1.165, 1.54) is 0 Å². The zero-order valence-electron chi connectivity index (χ0n) is 16.2. The van der Waals surface area contributed by atoms with E-state index in [0.29, 0.717) is 26.2 Å². The molecule has 27 heavy (non-hydrogen) atoms. The van der Waals surface area contributed by atoms with E-state index in [0.717, 1.165) is 44.3 Å². The molecule has 2 amide bonds. The number of benzene rings is 1. The predicted octanol–water partition coefficient (Wildman–Crippen LogP) is 1.56. The smallest absolute Gasteiger partial charge is 0.231 e. The van der Waals surface area contributed by atoms with Gasteiger partial charge in [0.1, 0.15) is 0 Å². The summed E-state index contributed by atoms with van der Waals surface area (Å²) in [4.78, 5) is 27.6. The molecule has 3 rings (SSSR count). The van der Waals surface area contributed by atoms with Gasteiger partial charge < -0.3 is 20.3 Å². The van der Waals surface area contributed by atoms with E-state index in [1.807, 2.05) is 35.2 Å². The first-order chi connectivity index (χ1) is 13.1. The number of likely N-dealkylation sites (tertiary alicyclic amines) is 1. The minimum atomic E-state index is -0.400. The summed E-state index contributed by atoms with van der Waals surface area (Å²) in [5.74, 6) is 0.289. The molecule has 0 radical (unpaired) electrons. The zero-order valence-corrected chi connectivity index (χ0v) is 16.2. The monoisotopic (exact) mass is 373 g/mol. The molecule has 1 aromatic rings. The van der Waals surface area contributed by atoms with Crippen molar-refractivity contribution in [3.8, 4) is 0 Å². The van der Waals surface area contributed by atoms with E-state index in [1.54, 1.807) is 7.11 Å². The third-order valence-electron chi connectivity index (χ3n) is 5.90. The number of nitrogens with zero attached hydrogens (tertiary/aromatic N) is 1. The molecule has 0 aliphatic carbocycles. The number of carbonyl (C=O) groups is 2. The van der Waals surface area contributed by atoms with E-state index in [4.69, 9.17) is 4.74 Å². The van der Waals surface area contributed by atoms with Crippen LogP contribution in [0.15, 0.2) is 30.3 Å². The fourth-order valence-corrected chi connectivity index (χ4v) is 4.21. The molecule has 0 spiro atoms. The molecule has 2 N–H and O–H groups in total. The Morgan fingerprint density at radius 2 is 1.85 bits per heavy atom. The molecule has 2 heterocycles. The molecule has 0 atom stereocenters. The topological polar surface area (TPSA) is 70.7 Å². The minimum absolute atomic E-state index is 0.0100. The molecule has 6 heteroatoms. The number of ether oxygens (including phenoxy) is 1. The van der Waals surface area contributed by atoms with Crippen molar-refractivity contribution in [3.63, 3.8) is 0 Å². The third-order valence-corrected chi connectivity index (χ3v) is 5.90. The standard InChI is InChI=1S/C21H31N3O3/c1-27-16-21(9-11-22-12-10-21)20(26)24-13-7-18(8-14-24)19(25)23-15-17-5-3-2-4-6-17/h2-6,18,22H,7-16H2,1H3,(H,23,25). The lowest BCUT2D eigenvalue weighted by atomic mass is 9.77. The highest BCUT2D eigenvalue weighted by Gasteiger charge is 2.43. The normalized spacial score (nSPS) is 20.3. The van der Waals surface area contributed by atoms with Crippen LogP contribution in [0.5, 0.6) is 0 Å². The van der Waals surface area contributed by atoms with Crippen LogP contribution in [0.2, 0.25) is 0 Å². The zero-order chi connectivity index (χ0) is 19.1. The lowest BCUT2D eigenvalue weighted by Gasteiger charge is -2.41. The van der Waals surface area contributed by atoms with Crippen LogP contribution in [-0.4, -0.2) is 56.6 Å². The third kappa shape index (κ3) is 4.87. The summed E-state index contributed by atoms with van der Waals surface area (Å²) >= 11 is 0. The van der Waals surface area contributed by atoms with Crippen LogP contribution in [0, 0.1) is 11.3 Å². The summed E-state index contributed by atoms with van der Waals surface area (Å²) in [7, 11) is 1.67. The Morgan fingerprint density at radius 3 is 2.48 bits per heavy atom. The Morgan fingerprint density at radius 1 is 1.19 bits per heavy atom. The number of carbonyl (C=O) groups excluding carboxylic acids is 2. The number of nitrogens with one attached hydrogen (secondary N) is 2. The lowest BCUT2D eigenvalue weighted by molar-refractivity contribution is -0.150.